The molecule has 0 aromatic heterocycles. The number of benzene rings is 1. The molecule has 0 saturated heterocycles. The topological polar surface area (TPSA) is 38.7 Å². The largest absolute Gasteiger partial charge is 0.488 e. The molecule has 1 atom stereocenters. The summed E-state index contributed by atoms with van der Waals surface area (Å²) in [6.45, 7) is 7.45. The highest BCUT2D eigenvalue weighted by Gasteiger charge is 2.21. The monoisotopic (exact) mass is 222 g/mol. The fraction of sp³-hybridized carbons (Fsp3) is 0.385. The van der Waals surface area contributed by atoms with Crippen molar-refractivity contribution >= 4 is 0 Å². The molecule has 3 heteroatoms. The molecule has 3 nitrogen and oxygen atoms in total. The Balaban J connectivity index is 2.47. The maximum Gasteiger partial charge on any atom is 0.197 e. The smallest absolute Gasteiger partial charge is 0.197 e. The van der Waals surface area contributed by atoms with E-state index in [0.717, 1.165) is 11.3 Å². The van der Waals surface area contributed by atoms with E-state index in [4.69, 9.17) is 9.47 Å². The third-order valence-electron chi connectivity index (χ3n) is 2.01. The number of hydrogen-bond donors (Lipinski definition) is 1. The van der Waals surface area contributed by atoms with Crippen LogP contribution in [0.3, 0.4) is 0 Å². The van der Waals surface area contributed by atoms with Gasteiger partial charge in [-0.1, -0.05) is 18.2 Å². The second-order valence-electron chi connectivity index (χ2n) is 3.88. The number of aliphatic hydroxyl groups is 1. The molecule has 0 heterocycles. The van der Waals surface area contributed by atoms with Gasteiger partial charge in [-0.3, -0.25) is 0 Å². The maximum atomic E-state index is 9.78. The van der Waals surface area contributed by atoms with Crippen molar-refractivity contribution < 1.29 is 14.6 Å². The molecule has 0 radical (unpaired) electrons. The van der Waals surface area contributed by atoms with Gasteiger partial charge in [0, 0.05) is 0 Å². The Morgan fingerprint density at radius 1 is 1.50 bits per heavy atom. The first kappa shape index (κ1) is 12.7. The lowest BCUT2D eigenvalue weighted by Gasteiger charge is -2.23. The zero-order valence-corrected chi connectivity index (χ0v) is 9.77. The van der Waals surface area contributed by atoms with E-state index < -0.39 is 5.79 Å². The Hall–Kier alpha value is -1.32. The minimum Gasteiger partial charge on any atom is -0.488 e. The molecule has 0 amide bonds. The fourth-order valence-electron chi connectivity index (χ4n) is 1.20. The van der Waals surface area contributed by atoms with Gasteiger partial charge in [-0.25, -0.2) is 0 Å². The van der Waals surface area contributed by atoms with Gasteiger partial charge in [0.25, 0.3) is 0 Å². The molecule has 0 aliphatic carbocycles. The van der Waals surface area contributed by atoms with Crippen molar-refractivity contribution in [2.75, 3.05) is 13.2 Å². The van der Waals surface area contributed by atoms with Gasteiger partial charge < -0.3 is 14.6 Å². The quantitative estimate of drug-likeness (QED) is 0.593. The van der Waals surface area contributed by atoms with Crippen molar-refractivity contribution in [2.45, 2.75) is 19.6 Å². The fourth-order valence-corrected chi connectivity index (χ4v) is 1.20. The number of ether oxygens (including phenoxy) is 2. The van der Waals surface area contributed by atoms with Crippen LogP contribution in [0.4, 0.5) is 0 Å². The van der Waals surface area contributed by atoms with Crippen molar-refractivity contribution in [1.29, 1.82) is 0 Å². The molecular weight excluding hydrogens is 204 g/mol. The van der Waals surface area contributed by atoms with Crippen LogP contribution in [0.1, 0.15) is 12.5 Å². The highest BCUT2D eigenvalue weighted by Crippen LogP contribution is 2.15. The molecular formula is C13H18O3. The first-order valence-corrected chi connectivity index (χ1v) is 5.20. The molecule has 0 spiro atoms. The minimum absolute atomic E-state index is 0.0876. The second kappa shape index (κ2) is 5.68. The summed E-state index contributed by atoms with van der Waals surface area (Å²) in [5.41, 5.74) is 1.11. The van der Waals surface area contributed by atoms with Gasteiger partial charge in [0.05, 0.1) is 6.61 Å². The van der Waals surface area contributed by atoms with E-state index in [2.05, 4.69) is 6.58 Å². The van der Waals surface area contributed by atoms with Crippen molar-refractivity contribution in [3.8, 4) is 5.75 Å². The van der Waals surface area contributed by atoms with E-state index in [1.165, 1.54) is 0 Å². The summed E-state index contributed by atoms with van der Waals surface area (Å²) in [4.78, 5) is 0. The van der Waals surface area contributed by atoms with Crippen LogP contribution in [0.5, 0.6) is 5.75 Å². The molecule has 1 N–H and O–H groups in total. The predicted molar refractivity (Wildman–Crippen MR) is 63.4 cm³/mol. The summed E-state index contributed by atoms with van der Waals surface area (Å²) in [7, 11) is 0. The van der Waals surface area contributed by atoms with Crippen molar-refractivity contribution in [3.05, 3.63) is 42.5 Å². The van der Waals surface area contributed by atoms with E-state index in [9.17, 15) is 5.11 Å². The van der Waals surface area contributed by atoms with Gasteiger partial charge in [-0.05, 0) is 31.5 Å². The molecule has 16 heavy (non-hydrogen) atoms. The van der Waals surface area contributed by atoms with Gasteiger partial charge in [0.15, 0.2) is 5.79 Å². The summed E-state index contributed by atoms with van der Waals surface area (Å²) in [5, 5.41) is 9.78. The second-order valence-corrected chi connectivity index (χ2v) is 3.88. The zero-order chi connectivity index (χ0) is 12.0. The SMILES string of the molecule is C=CCOC(C)(O)COc1cccc(C)c1. The van der Waals surface area contributed by atoms with E-state index in [1.54, 1.807) is 13.0 Å². The summed E-state index contributed by atoms with van der Waals surface area (Å²) in [6.07, 6.45) is 1.58. The lowest BCUT2D eigenvalue weighted by atomic mass is 10.2. The van der Waals surface area contributed by atoms with E-state index in [-0.39, 0.29) is 6.61 Å². The van der Waals surface area contributed by atoms with Gasteiger partial charge in [-0.2, -0.15) is 0 Å². The lowest BCUT2D eigenvalue weighted by molar-refractivity contribution is -0.199. The van der Waals surface area contributed by atoms with Crippen LogP contribution in [-0.2, 0) is 4.74 Å². The summed E-state index contributed by atoms with van der Waals surface area (Å²) in [5.74, 6) is -0.569. The molecule has 1 aromatic rings. The van der Waals surface area contributed by atoms with Gasteiger partial charge >= 0.3 is 0 Å². The van der Waals surface area contributed by atoms with Crippen molar-refractivity contribution in [1.82, 2.24) is 0 Å². The number of rotatable bonds is 6. The average molecular weight is 222 g/mol. The Bertz CT molecular complexity index is 345. The molecule has 1 aromatic carbocycles. The number of aryl methyl sites for hydroxylation is 1. The van der Waals surface area contributed by atoms with Crippen LogP contribution >= 0.6 is 0 Å². The van der Waals surface area contributed by atoms with E-state index >= 15 is 0 Å². The Morgan fingerprint density at radius 3 is 2.88 bits per heavy atom. The third-order valence-corrected chi connectivity index (χ3v) is 2.01. The standard InChI is InChI=1S/C13H18O3/c1-4-8-16-13(3,14)10-15-12-7-5-6-11(2)9-12/h4-7,9,14H,1,8,10H2,2-3H3. The van der Waals surface area contributed by atoms with Crippen molar-refractivity contribution in [2.24, 2.45) is 0 Å². The Labute approximate surface area is 96.3 Å². The molecule has 0 aliphatic heterocycles. The highest BCUT2D eigenvalue weighted by molar-refractivity contribution is 5.27. The van der Waals surface area contributed by atoms with Crippen LogP contribution in [-0.4, -0.2) is 24.1 Å². The van der Waals surface area contributed by atoms with Crippen LogP contribution in [0.25, 0.3) is 0 Å². The van der Waals surface area contributed by atoms with E-state index in [1.807, 2.05) is 31.2 Å². The first-order chi connectivity index (χ1) is 7.53. The van der Waals surface area contributed by atoms with Gasteiger partial charge in [0.2, 0.25) is 0 Å². The van der Waals surface area contributed by atoms with Gasteiger partial charge in [-0.15, -0.1) is 6.58 Å². The van der Waals surface area contributed by atoms with Gasteiger partial charge in [0.1, 0.15) is 12.4 Å². The average Bonchev–Trinajstić information content (AvgIpc) is 2.24. The molecule has 0 saturated carbocycles. The normalized spacial score (nSPS) is 14.2. The highest BCUT2D eigenvalue weighted by atomic mass is 16.6. The minimum atomic E-state index is -1.29. The van der Waals surface area contributed by atoms with Crippen LogP contribution in [0, 0.1) is 6.92 Å². The Morgan fingerprint density at radius 2 is 2.25 bits per heavy atom. The molecule has 0 bridgehead atoms. The van der Waals surface area contributed by atoms with Crippen LogP contribution < -0.4 is 4.74 Å². The summed E-state index contributed by atoms with van der Waals surface area (Å²) < 4.78 is 10.6. The third kappa shape index (κ3) is 4.47. The summed E-state index contributed by atoms with van der Waals surface area (Å²) >= 11 is 0. The zero-order valence-electron chi connectivity index (χ0n) is 9.77. The maximum absolute atomic E-state index is 9.78. The number of hydrogen-bond acceptors (Lipinski definition) is 3. The van der Waals surface area contributed by atoms with Crippen molar-refractivity contribution in [3.63, 3.8) is 0 Å². The lowest BCUT2D eigenvalue weighted by Crippen LogP contribution is -2.35. The molecule has 1 rings (SSSR count). The van der Waals surface area contributed by atoms with Crippen LogP contribution in [0.2, 0.25) is 0 Å². The summed E-state index contributed by atoms with van der Waals surface area (Å²) in [6, 6.07) is 7.64. The molecule has 1 unspecified atom stereocenters. The Kier molecular flexibility index (Phi) is 4.52. The molecule has 88 valence electrons. The van der Waals surface area contributed by atoms with Crippen LogP contribution in [0.15, 0.2) is 36.9 Å². The van der Waals surface area contributed by atoms with E-state index in [0.29, 0.717) is 6.61 Å². The predicted octanol–water partition coefficient (Wildman–Crippen LogP) is 2.28. The molecule has 0 aliphatic rings. The first-order valence-electron chi connectivity index (χ1n) is 5.20. The molecule has 0 fully saturated rings.